The predicted molar refractivity (Wildman–Crippen MR) is 97.9 cm³/mol. The molecular formula is C19H15N3O2S. The first-order chi connectivity index (χ1) is 12.2. The maximum atomic E-state index is 12.5. The molecule has 2 aromatic heterocycles. The third-order valence-electron chi connectivity index (χ3n) is 4.49. The summed E-state index contributed by atoms with van der Waals surface area (Å²) in [5, 5.41) is 14.2. The van der Waals surface area contributed by atoms with E-state index in [4.69, 9.17) is 0 Å². The minimum absolute atomic E-state index is 0.0723. The number of hydrogen-bond acceptors (Lipinski definition) is 4. The molecule has 1 aliphatic carbocycles. The number of nitriles is 1. The average Bonchev–Trinajstić information content (AvgIpc) is 3.18. The lowest BCUT2D eigenvalue weighted by molar-refractivity contribution is -0.116. The molecule has 1 N–H and O–H groups in total. The minimum Gasteiger partial charge on any atom is -0.315 e. The Hall–Kier alpha value is -2.91. The van der Waals surface area contributed by atoms with E-state index in [1.165, 1.54) is 20.8 Å². The fourth-order valence-corrected chi connectivity index (χ4v) is 4.54. The Morgan fingerprint density at radius 1 is 1.28 bits per heavy atom. The molecule has 6 heteroatoms. The number of rotatable bonds is 3. The number of thiophene rings is 1. The van der Waals surface area contributed by atoms with Crippen molar-refractivity contribution >= 4 is 33.0 Å². The van der Waals surface area contributed by atoms with Crippen molar-refractivity contribution in [3.8, 4) is 6.07 Å². The summed E-state index contributed by atoms with van der Waals surface area (Å²) in [7, 11) is 0. The van der Waals surface area contributed by atoms with Gasteiger partial charge in [-0.2, -0.15) is 5.26 Å². The lowest BCUT2D eigenvalue weighted by Gasteiger charge is -2.08. The summed E-state index contributed by atoms with van der Waals surface area (Å²) in [6.45, 7) is -0.0723. The lowest BCUT2D eigenvalue weighted by atomic mass is 10.1. The number of pyridine rings is 1. The van der Waals surface area contributed by atoms with Crippen LogP contribution in [0.25, 0.3) is 10.8 Å². The van der Waals surface area contributed by atoms with Gasteiger partial charge in [-0.3, -0.25) is 9.59 Å². The topological polar surface area (TPSA) is 74.9 Å². The molecule has 0 spiro atoms. The molecule has 0 saturated heterocycles. The van der Waals surface area contributed by atoms with Crippen LogP contribution in [0.2, 0.25) is 0 Å². The Kier molecular flexibility index (Phi) is 3.86. The molecule has 0 aliphatic heterocycles. The van der Waals surface area contributed by atoms with Crippen molar-refractivity contribution < 1.29 is 4.79 Å². The molecule has 0 saturated carbocycles. The van der Waals surface area contributed by atoms with Crippen molar-refractivity contribution in [3.63, 3.8) is 0 Å². The second-order valence-corrected chi connectivity index (χ2v) is 7.16. The summed E-state index contributed by atoms with van der Waals surface area (Å²) in [6.07, 6.45) is 4.56. The number of carbonyl (C=O) groups is 1. The molecule has 0 radical (unpaired) electrons. The molecule has 0 fully saturated rings. The van der Waals surface area contributed by atoms with Crippen LogP contribution in [-0.2, 0) is 24.2 Å². The van der Waals surface area contributed by atoms with Gasteiger partial charge in [0.15, 0.2) is 0 Å². The smallest absolute Gasteiger partial charge is 0.258 e. The molecular weight excluding hydrogens is 334 g/mol. The largest absolute Gasteiger partial charge is 0.315 e. The van der Waals surface area contributed by atoms with Crippen LogP contribution in [-0.4, -0.2) is 10.5 Å². The summed E-state index contributed by atoms with van der Waals surface area (Å²) in [5.41, 5.74) is 1.46. The van der Waals surface area contributed by atoms with Crippen LogP contribution in [0.1, 0.15) is 22.4 Å². The standard InChI is InChI=1S/C19H15N3O2S/c20-10-15-14-6-3-7-16(14)25-18(15)21-17(23)11-22-9-8-12-4-1-2-5-13(12)19(22)24/h1-2,4-5,8-9H,3,6-7,11H2,(H,21,23). The normalized spacial score (nSPS) is 12.8. The maximum absolute atomic E-state index is 12.5. The van der Waals surface area contributed by atoms with Gasteiger partial charge < -0.3 is 9.88 Å². The molecule has 25 heavy (non-hydrogen) atoms. The monoisotopic (exact) mass is 349 g/mol. The van der Waals surface area contributed by atoms with Crippen LogP contribution in [0.5, 0.6) is 0 Å². The minimum atomic E-state index is -0.297. The number of anilines is 1. The number of benzene rings is 1. The van der Waals surface area contributed by atoms with E-state index in [0.29, 0.717) is 16.0 Å². The van der Waals surface area contributed by atoms with E-state index in [1.807, 2.05) is 18.2 Å². The molecule has 0 unspecified atom stereocenters. The van der Waals surface area contributed by atoms with Gasteiger partial charge >= 0.3 is 0 Å². The molecule has 0 bridgehead atoms. The second kappa shape index (κ2) is 6.19. The molecule has 1 amide bonds. The van der Waals surface area contributed by atoms with E-state index in [2.05, 4.69) is 11.4 Å². The van der Waals surface area contributed by atoms with Crippen molar-refractivity contribution in [1.82, 2.24) is 4.57 Å². The van der Waals surface area contributed by atoms with Crippen LogP contribution in [0, 0.1) is 11.3 Å². The third-order valence-corrected chi connectivity index (χ3v) is 5.69. The van der Waals surface area contributed by atoms with Gasteiger partial charge in [0.2, 0.25) is 5.91 Å². The van der Waals surface area contributed by atoms with E-state index in [9.17, 15) is 14.9 Å². The van der Waals surface area contributed by atoms with E-state index in [-0.39, 0.29) is 18.0 Å². The summed E-state index contributed by atoms with van der Waals surface area (Å²) in [6, 6.07) is 11.3. The Balaban J connectivity index is 1.59. The summed E-state index contributed by atoms with van der Waals surface area (Å²) >= 11 is 1.48. The first kappa shape index (κ1) is 15.6. The Morgan fingerprint density at radius 2 is 2.12 bits per heavy atom. The quantitative estimate of drug-likeness (QED) is 0.790. The van der Waals surface area contributed by atoms with Crippen molar-refractivity contribution in [2.24, 2.45) is 0 Å². The summed E-state index contributed by atoms with van der Waals surface area (Å²) in [5.74, 6) is -0.297. The molecule has 1 aliphatic rings. The van der Waals surface area contributed by atoms with Crippen LogP contribution >= 0.6 is 11.3 Å². The number of carbonyl (C=O) groups excluding carboxylic acids is 1. The zero-order valence-electron chi connectivity index (χ0n) is 13.4. The second-order valence-electron chi connectivity index (χ2n) is 6.06. The highest BCUT2D eigenvalue weighted by atomic mass is 32.1. The van der Waals surface area contributed by atoms with Gasteiger partial charge in [-0.15, -0.1) is 11.3 Å². The third kappa shape index (κ3) is 2.73. The number of aryl methyl sites for hydroxylation is 1. The van der Waals surface area contributed by atoms with Gasteiger partial charge in [0, 0.05) is 16.5 Å². The van der Waals surface area contributed by atoms with Gasteiger partial charge in [0.25, 0.3) is 5.56 Å². The van der Waals surface area contributed by atoms with Gasteiger partial charge in [-0.1, -0.05) is 18.2 Å². The molecule has 3 aromatic rings. The fourth-order valence-electron chi connectivity index (χ4n) is 3.29. The van der Waals surface area contributed by atoms with Crippen molar-refractivity contribution in [1.29, 1.82) is 5.26 Å². The van der Waals surface area contributed by atoms with Crippen molar-refractivity contribution in [2.45, 2.75) is 25.8 Å². The number of fused-ring (bicyclic) bond motifs is 2. The van der Waals surface area contributed by atoms with E-state index in [1.54, 1.807) is 18.3 Å². The maximum Gasteiger partial charge on any atom is 0.258 e. The molecule has 0 atom stereocenters. The van der Waals surface area contributed by atoms with E-state index < -0.39 is 0 Å². The van der Waals surface area contributed by atoms with Crippen molar-refractivity contribution in [3.05, 3.63) is 62.9 Å². The SMILES string of the molecule is N#Cc1c(NC(=O)Cn2ccc3ccccc3c2=O)sc2c1CCC2. The zero-order valence-corrected chi connectivity index (χ0v) is 14.2. The fraction of sp³-hybridized carbons (Fsp3) is 0.211. The van der Waals surface area contributed by atoms with Crippen LogP contribution in [0.3, 0.4) is 0 Å². The van der Waals surface area contributed by atoms with Crippen LogP contribution in [0.4, 0.5) is 5.00 Å². The number of amides is 1. The van der Waals surface area contributed by atoms with Gasteiger partial charge in [0.1, 0.15) is 17.6 Å². The van der Waals surface area contributed by atoms with Gasteiger partial charge in [-0.05, 0) is 42.3 Å². The van der Waals surface area contributed by atoms with E-state index in [0.717, 1.165) is 30.2 Å². The van der Waals surface area contributed by atoms with Crippen LogP contribution < -0.4 is 10.9 Å². The molecule has 1 aromatic carbocycles. The van der Waals surface area contributed by atoms with Crippen LogP contribution in [0.15, 0.2) is 41.3 Å². The molecule has 4 rings (SSSR count). The first-order valence-corrected chi connectivity index (χ1v) is 8.91. The summed E-state index contributed by atoms with van der Waals surface area (Å²) < 4.78 is 1.39. The predicted octanol–water partition coefficient (Wildman–Crippen LogP) is 3.06. The molecule has 5 nitrogen and oxygen atoms in total. The number of aromatic nitrogens is 1. The van der Waals surface area contributed by atoms with Crippen molar-refractivity contribution in [2.75, 3.05) is 5.32 Å². The molecule has 2 heterocycles. The zero-order chi connectivity index (χ0) is 17.4. The Labute approximate surface area is 148 Å². The van der Waals surface area contributed by atoms with Gasteiger partial charge in [-0.25, -0.2) is 0 Å². The first-order valence-electron chi connectivity index (χ1n) is 8.10. The average molecular weight is 349 g/mol. The van der Waals surface area contributed by atoms with Gasteiger partial charge in [0.05, 0.1) is 5.56 Å². The number of nitrogens with zero attached hydrogens (tertiary/aromatic N) is 2. The Bertz CT molecular complexity index is 1090. The number of hydrogen-bond donors (Lipinski definition) is 1. The highest BCUT2D eigenvalue weighted by Gasteiger charge is 2.23. The highest BCUT2D eigenvalue weighted by molar-refractivity contribution is 7.16. The highest BCUT2D eigenvalue weighted by Crippen LogP contribution is 2.38. The number of nitrogens with one attached hydrogen (secondary N) is 1. The van der Waals surface area contributed by atoms with E-state index >= 15 is 0 Å². The Morgan fingerprint density at radius 3 is 2.96 bits per heavy atom. The molecule has 124 valence electrons. The lowest BCUT2D eigenvalue weighted by Crippen LogP contribution is -2.27. The summed E-state index contributed by atoms with van der Waals surface area (Å²) in [4.78, 5) is 26.1.